The molecule has 0 bridgehead atoms. The lowest BCUT2D eigenvalue weighted by Gasteiger charge is -2.26. The van der Waals surface area contributed by atoms with Crippen molar-refractivity contribution >= 4 is 5.78 Å². The third-order valence-electron chi connectivity index (χ3n) is 4.56. The standard InChI is InChI=1S/C20H22O/c21-20(18-14-8-3-9-15-18)19(16-10-4-1-5-11-16)17-12-6-2-7-13-17/h1-2,4-7,10-13,18-19H,3,8-9,14-15H2. The van der Waals surface area contributed by atoms with Crippen LogP contribution in [0.4, 0.5) is 0 Å². The minimum absolute atomic E-state index is 0.101. The van der Waals surface area contributed by atoms with Gasteiger partial charge in [-0.3, -0.25) is 4.79 Å². The van der Waals surface area contributed by atoms with Gasteiger partial charge in [-0.05, 0) is 24.0 Å². The van der Waals surface area contributed by atoms with Crippen molar-refractivity contribution in [2.45, 2.75) is 38.0 Å². The molecule has 21 heavy (non-hydrogen) atoms. The summed E-state index contributed by atoms with van der Waals surface area (Å²) < 4.78 is 0. The second-order valence-electron chi connectivity index (χ2n) is 5.99. The quantitative estimate of drug-likeness (QED) is 0.772. The second-order valence-corrected chi connectivity index (χ2v) is 5.99. The van der Waals surface area contributed by atoms with E-state index in [4.69, 9.17) is 0 Å². The molecular formula is C20H22O. The molecule has 1 saturated carbocycles. The number of hydrogen-bond acceptors (Lipinski definition) is 1. The Hall–Kier alpha value is -1.89. The highest BCUT2D eigenvalue weighted by molar-refractivity contribution is 5.91. The lowest BCUT2D eigenvalue weighted by Crippen LogP contribution is -2.25. The number of benzene rings is 2. The molecule has 0 saturated heterocycles. The first-order chi connectivity index (χ1) is 10.4. The first-order valence-corrected chi connectivity index (χ1v) is 8.00. The van der Waals surface area contributed by atoms with Gasteiger partial charge in [-0.15, -0.1) is 0 Å². The minimum Gasteiger partial charge on any atom is -0.298 e. The van der Waals surface area contributed by atoms with Crippen molar-refractivity contribution in [1.29, 1.82) is 0 Å². The van der Waals surface area contributed by atoms with Gasteiger partial charge in [-0.2, -0.15) is 0 Å². The second kappa shape index (κ2) is 6.71. The molecule has 1 aliphatic rings. The number of ketones is 1. The Kier molecular flexibility index (Phi) is 4.49. The number of carbonyl (C=O) groups excluding carboxylic acids is 1. The molecule has 1 fully saturated rings. The first-order valence-electron chi connectivity index (χ1n) is 8.00. The summed E-state index contributed by atoms with van der Waals surface area (Å²) in [5, 5.41) is 0. The molecule has 2 aromatic carbocycles. The summed E-state index contributed by atoms with van der Waals surface area (Å²) in [7, 11) is 0. The average Bonchev–Trinajstić information content (AvgIpc) is 2.58. The molecule has 1 aliphatic carbocycles. The van der Waals surface area contributed by atoms with Crippen LogP contribution in [0.15, 0.2) is 60.7 Å². The fourth-order valence-electron chi connectivity index (χ4n) is 3.43. The van der Waals surface area contributed by atoms with Gasteiger partial charge < -0.3 is 0 Å². The van der Waals surface area contributed by atoms with E-state index in [1.807, 2.05) is 36.4 Å². The predicted molar refractivity (Wildman–Crippen MR) is 86.3 cm³/mol. The number of carbonyl (C=O) groups is 1. The summed E-state index contributed by atoms with van der Waals surface area (Å²) in [6.45, 7) is 0. The summed E-state index contributed by atoms with van der Waals surface area (Å²) >= 11 is 0. The van der Waals surface area contributed by atoms with E-state index in [2.05, 4.69) is 24.3 Å². The smallest absolute Gasteiger partial charge is 0.147 e. The van der Waals surface area contributed by atoms with Crippen molar-refractivity contribution in [2.24, 2.45) is 5.92 Å². The lowest BCUT2D eigenvalue weighted by atomic mass is 9.77. The van der Waals surface area contributed by atoms with Gasteiger partial charge in [-0.25, -0.2) is 0 Å². The van der Waals surface area contributed by atoms with Gasteiger partial charge in [0.05, 0.1) is 5.92 Å². The molecule has 0 heterocycles. The fourth-order valence-corrected chi connectivity index (χ4v) is 3.43. The summed E-state index contributed by atoms with van der Waals surface area (Å²) in [5.41, 5.74) is 2.25. The zero-order valence-electron chi connectivity index (χ0n) is 12.4. The first kappa shape index (κ1) is 14.1. The van der Waals surface area contributed by atoms with Crippen molar-refractivity contribution in [1.82, 2.24) is 0 Å². The molecule has 108 valence electrons. The zero-order valence-corrected chi connectivity index (χ0v) is 12.4. The summed E-state index contributed by atoms with van der Waals surface area (Å²) in [6.07, 6.45) is 5.81. The van der Waals surface area contributed by atoms with Gasteiger partial charge in [0.15, 0.2) is 0 Å². The van der Waals surface area contributed by atoms with Crippen LogP contribution in [0.2, 0.25) is 0 Å². The molecular weight excluding hydrogens is 256 g/mol. The maximum absolute atomic E-state index is 13.1. The fraction of sp³-hybridized carbons (Fsp3) is 0.350. The van der Waals surface area contributed by atoms with Gasteiger partial charge in [0, 0.05) is 5.92 Å². The van der Waals surface area contributed by atoms with E-state index in [-0.39, 0.29) is 11.8 Å². The Morgan fingerprint density at radius 2 is 1.24 bits per heavy atom. The van der Waals surface area contributed by atoms with Gasteiger partial charge in [0.2, 0.25) is 0 Å². The molecule has 2 aromatic rings. The van der Waals surface area contributed by atoms with Crippen LogP contribution in [0.3, 0.4) is 0 Å². The van der Waals surface area contributed by atoms with E-state index in [1.54, 1.807) is 0 Å². The molecule has 1 nitrogen and oxygen atoms in total. The van der Waals surface area contributed by atoms with Gasteiger partial charge in [-0.1, -0.05) is 79.9 Å². The van der Waals surface area contributed by atoms with Crippen molar-refractivity contribution in [3.8, 4) is 0 Å². The number of Topliss-reactive ketones (excluding diaryl/α,β-unsaturated/α-hetero) is 1. The van der Waals surface area contributed by atoms with Crippen molar-refractivity contribution < 1.29 is 4.79 Å². The van der Waals surface area contributed by atoms with Crippen molar-refractivity contribution in [2.75, 3.05) is 0 Å². The highest BCUT2D eigenvalue weighted by Crippen LogP contribution is 2.34. The Morgan fingerprint density at radius 1 is 0.762 bits per heavy atom. The van der Waals surface area contributed by atoms with Gasteiger partial charge in [0.25, 0.3) is 0 Å². The molecule has 0 N–H and O–H groups in total. The molecule has 0 aromatic heterocycles. The van der Waals surface area contributed by atoms with E-state index in [1.165, 1.54) is 19.3 Å². The van der Waals surface area contributed by atoms with Gasteiger partial charge >= 0.3 is 0 Å². The SMILES string of the molecule is O=C(C1CCCCC1)C(c1ccccc1)c1ccccc1. The van der Waals surface area contributed by atoms with Crippen LogP contribution in [0, 0.1) is 5.92 Å². The van der Waals surface area contributed by atoms with E-state index < -0.39 is 0 Å². The lowest BCUT2D eigenvalue weighted by molar-refractivity contribution is -0.124. The highest BCUT2D eigenvalue weighted by atomic mass is 16.1. The van der Waals surface area contributed by atoms with E-state index in [9.17, 15) is 4.79 Å². The summed E-state index contributed by atoms with van der Waals surface area (Å²) in [4.78, 5) is 13.1. The molecule has 0 radical (unpaired) electrons. The van der Waals surface area contributed by atoms with Crippen LogP contribution in [-0.2, 0) is 4.79 Å². The normalized spacial score (nSPS) is 16.0. The monoisotopic (exact) mass is 278 g/mol. The van der Waals surface area contributed by atoms with Crippen molar-refractivity contribution in [3.05, 3.63) is 71.8 Å². The van der Waals surface area contributed by atoms with Crippen LogP contribution >= 0.6 is 0 Å². The van der Waals surface area contributed by atoms with Crippen LogP contribution in [0.25, 0.3) is 0 Å². The Labute approximate surface area is 127 Å². The van der Waals surface area contributed by atoms with Crippen LogP contribution in [0.1, 0.15) is 49.1 Å². The van der Waals surface area contributed by atoms with E-state index in [0.29, 0.717) is 5.78 Å². The van der Waals surface area contributed by atoms with Crippen LogP contribution in [0.5, 0.6) is 0 Å². The van der Waals surface area contributed by atoms with E-state index >= 15 is 0 Å². The molecule has 0 atom stereocenters. The van der Waals surface area contributed by atoms with Crippen molar-refractivity contribution in [3.63, 3.8) is 0 Å². The molecule has 3 rings (SSSR count). The Morgan fingerprint density at radius 3 is 1.71 bits per heavy atom. The Bertz CT molecular complexity index is 528. The topological polar surface area (TPSA) is 17.1 Å². The summed E-state index contributed by atoms with van der Waals surface area (Å²) in [5.74, 6) is 0.548. The third kappa shape index (κ3) is 3.24. The molecule has 0 aliphatic heterocycles. The number of hydrogen-bond donors (Lipinski definition) is 0. The molecule has 0 unspecified atom stereocenters. The summed E-state index contributed by atoms with van der Waals surface area (Å²) in [6, 6.07) is 20.5. The largest absolute Gasteiger partial charge is 0.298 e. The van der Waals surface area contributed by atoms with Crippen LogP contribution < -0.4 is 0 Å². The zero-order chi connectivity index (χ0) is 14.5. The molecule has 0 amide bonds. The Balaban J connectivity index is 1.94. The maximum Gasteiger partial charge on any atom is 0.147 e. The average molecular weight is 278 g/mol. The molecule has 0 spiro atoms. The minimum atomic E-state index is -0.101. The molecule has 1 heteroatoms. The number of rotatable bonds is 4. The highest BCUT2D eigenvalue weighted by Gasteiger charge is 2.30. The maximum atomic E-state index is 13.1. The van der Waals surface area contributed by atoms with Crippen LogP contribution in [-0.4, -0.2) is 5.78 Å². The van der Waals surface area contributed by atoms with E-state index in [0.717, 1.165) is 24.0 Å². The predicted octanol–water partition coefficient (Wildman–Crippen LogP) is 4.97. The van der Waals surface area contributed by atoms with Gasteiger partial charge in [0.1, 0.15) is 5.78 Å². The third-order valence-corrected chi connectivity index (χ3v) is 4.56.